The molecule has 0 aliphatic carbocycles. The highest BCUT2D eigenvalue weighted by atomic mass is 16.5. The van der Waals surface area contributed by atoms with Crippen LogP contribution in [0.15, 0.2) is 47.6 Å². The third kappa shape index (κ3) is 3.92. The first-order valence-electron chi connectivity index (χ1n) is 8.08. The molecule has 1 amide bonds. The number of hydrogen-bond acceptors (Lipinski definition) is 4. The molecular weight excluding hydrogens is 306 g/mol. The summed E-state index contributed by atoms with van der Waals surface area (Å²) in [7, 11) is 0. The Morgan fingerprint density at radius 1 is 1.42 bits per heavy atom. The largest absolute Gasteiger partial charge is 0.359 e. The highest BCUT2D eigenvalue weighted by molar-refractivity contribution is 5.80. The lowest BCUT2D eigenvalue weighted by Crippen LogP contribution is -2.33. The molecule has 0 aliphatic rings. The lowest BCUT2D eigenvalue weighted by Gasteiger charge is -2.17. The normalized spacial score (nSPS) is 12.2. The van der Waals surface area contributed by atoms with Crippen LogP contribution in [0.1, 0.15) is 36.5 Å². The molecule has 7 nitrogen and oxygen atoms in total. The number of aryl methyl sites for hydroxylation is 1. The minimum atomic E-state index is -0.349. The number of nitrogens with zero attached hydrogens (tertiary/aromatic N) is 3. The number of hydrogen-bond donors (Lipinski definition) is 2. The fourth-order valence-corrected chi connectivity index (χ4v) is 2.60. The molecule has 3 heterocycles. The number of imidazole rings is 1. The average molecular weight is 327 g/mol. The van der Waals surface area contributed by atoms with E-state index in [1.54, 1.807) is 12.5 Å². The van der Waals surface area contributed by atoms with E-state index in [2.05, 4.69) is 27.4 Å². The Balaban J connectivity index is 1.64. The van der Waals surface area contributed by atoms with Crippen molar-refractivity contribution < 1.29 is 9.32 Å². The molecule has 0 saturated carbocycles. The maximum atomic E-state index is 12.6. The van der Waals surface area contributed by atoms with Crippen molar-refractivity contribution >= 4 is 5.91 Å². The average Bonchev–Trinajstić information content (AvgIpc) is 3.32. The van der Waals surface area contributed by atoms with E-state index < -0.39 is 0 Å². The third-order valence-electron chi connectivity index (χ3n) is 3.81. The monoisotopic (exact) mass is 327 g/mol. The van der Waals surface area contributed by atoms with Gasteiger partial charge in [0, 0.05) is 36.8 Å². The van der Waals surface area contributed by atoms with Crippen LogP contribution >= 0.6 is 0 Å². The minimum absolute atomic E-state index is 0.0748. The zero-order valence-electron chi connectivity index (χ0n) is 13.6. The van der Waals surface area contributed by atoms with Gasteiger partial charge in [-0.05, 0) is 18.6 Å². The molecular formula is C17H21N5O2. The minimum Gasteiger partial charge on any atom is -0.359 e. The molecule has 24 heavy (non-hydrogen) atoms. The predicted molar refractivity (Wildman–Crippen MR) is 88.1 cm³/mol. The zero-order chi connectivity index (χ0) is 16.8. The molecule has 3 aromatic heterocycles. The molecule has 0 bridgehead atoms. The van der Waals surface area contributed by atoms with Crippen molar-refractivity contribution in [2.45, 2.75) is 38.8 Å². The van der Waals surface area contributed by atoms with Gasteiger partial charge in [0.15, 0.2) is 5.76 Å². The Kier molecular flexibility index (Phi) is 5.10. The molecule has 1 atom stereocenters. The smallest absolute Gasteiger partial charge is 0.243 e. The standard InChI is InChI=1S/C17H21N5O2/c1-2-5-13-8-15(24-21-13)11-19-17(23)16(22-6-3-4-7-22)9-14-10-18-12-20-14/h3-4,6-8,10,12,16H,2,5,9,11H2,1H3,(H,18,20)(H,19,23). The Hall–Kier alpha value is -2.83. The van der Waals surface area contributed by atoms with Gasteiger partial charge in [-0.15, -0.1) is 0 Å². The Labute approximate surface area is 140 Å². The number of carbonyl (C=O) groups excluding carboxylic acids is 1. The van der Waals surface area contributed by atoms with Crippen LogP contribution in [0.25, 0.3) is 0 Å². The van der Waals surface area contributed by atoms with E-state index in [4.69, 9.17) is 4.52 Å². The van der Waals surface area contributed by atoms with Gasteiger partial charge in [-0.1, -0.05) is 18.5 Å². The van der Waals surface area contributed by atoms with Crippen LogP contribution in [0.3, 0.4) is 0 Å². The summed E-state index contributed by atoms with van der Waals surface area (Å²) in [5, 5.41) is 6.92. The van der Waals surface area contributed by atoms with Crippen LogP contribution in [-0.2, 0) is 24.2 Å². The van der Waals surface area contributed by atoms with Gasteiger partial charge in [0.1, 0.15) is 6.04 Å². The van der Waals surface area contributed by atoms with Crippen LogP contribution in [-0.4, -0.2) is 25.6 Å². The van der Waals surface area contributed by atoms with Gasteiger partial charge in [0.05, 0.1) is 18.6 Å². The molecule has 2 N–H and O–H groups in total. The summed E-state index contributed by atoms with van der Waals surface area (Å²) in [6.07, 6.45) is 9.54. The summed E-state index contributed by atoms with van der Waals surface area (Å²) in [6, 6.07) is 5.35. The van der Waals surface area contributed by atoms with Crippen LogP contribution in [0.2, 0.25) is 0 Å². The molecule has 126 valence electrons. The Bertz CT molecular complexity index is 746. The number of aromatic nitrogens is 4. The van der Waals surface area contributed by atoms with Gasteiger partial charge in [-0.3, -0.25) is 4.79 Å². The van der Waals surface area contributed by atoms with Crippen molar-refractivity contribution in [3.05, 3.63) is 60.3 Å². The predicted octanol–water partition coefficient (Wildman–Crippen LogP) is 2.25. The molecule has 3 aromatic rings. The fourth-order valence-electron chi connectivity index (χ4n) is 2.60. The number of H-pyrrole nitrogens is 1. The molecule has 7 heteroatoms. The second-order valence-corrected chi connectivity index (χ2v) is 5.68. The van der Waals surface area contributed by atoms with Crippen molar-refractivity contribution in [1.29, 1.82) is 0 Å². The number of amides is 1. The summed E-state index contributed by atoms with van der Waals surface area (Å²) >= 11 is 0. The molecule has 0 aliphatic heterocycles. The number of carbonyl (C=O) groups is 1. The molecule has 0 saturated heterocycles. The van der Waals surface area contributed by atoms with Gasteiger partial charge < -0.3 is 19.4 Å². The van der Waals surface area contributed by atoms with Crippen molar-refractivity contribution in [2.24, 2.45) is 0 Å². The number of aromatic amines is 1. The SMILES string of the molecule is CCCc1cc(CNC(=O)C(Cc2cnc[nH]2)n2cccc2)on1. The van der Waals surface area contributed by atoms with Crippen LogP contribution < -0.4 is 5.32 Å². The van der Waals surface area contributed by atoms with E-state index in [1.165, 1.54) is 0 Å². The summed E-state index contributed by atoms with van der Waals surface area (Å²) in [5.74, 6) is 0.592. The maximum absolute atomic E-state index is 12.6. The van der Waals surface area contributed by atoms with E-state index in [9.17, 15) is 4.79 Å². The number of nitrogens with one attached hydrogen (secondary N) is 2. The highest BCUT2D eigenvalue weighted by Crippen LogP contribution is 2.14. The topological polar surface area (TPSA) is 88.7 Å². The third-order valence-corrected chi connectivity index (χ3v) is 3.81. The van der Waals surface area contributed by atoms with Crippen molar-refractivity contribution in [3.8, 4) is 0 Å². The Morgan fingerprint density at radius 2 is 2.25 bits per heavy atom. The van der Waals surface area contributed by atoms with Crippen molar-refractivity contribution in [2.75, 3.05) is 0 Å². The zero-order valence-corrected chi connectivity index (χ0v) is 13.6. The molecule has 1 unspecified atom stereocenters. The summed E-state index contributed by atoms with van der Waals surface area (Å²) in [4.78, 5) is 19.7. The second-order valence-electron chi connectivity index (χ2n) is 5.68. The molecule has 0 fully saturated rings. The van der Waals surface area contributed by atoms with Gasteiger partial charge in [0.2, 0.25) is 5.91 Å². The first kappa shape index (κ1) is 16.0. The van der Waals surface area contributed by atoms with E-state index in [0.29, 0.717) is 18.7 Å². The number of rotatable bonds is 8. The fraction of sp³-hybridized carbons (Fsp3) is 0.353. The molecule has 0 aromatic carbocycles. The van der Waals surface area contributed by atoms with Crippen LogP contribution in [0.5, 0.6) is 0 Å². The molecule has 0 spiro atoms. The summed E-state index contributed by atoms with van der Waals surface area (Å²) < 4.78 is 7.14. The first-order valence-corrected chi connectivity index (χ1v) is 8.08. The lowest BCUT2D eigenvalue weighted by atomic mass is 10.1. The van der Waals surface area contributed by atoms with Gasteiger partial charge in [-0.25, -0.2) is 4.98 Å². The van der Waals surface area contributed by atoms with Crippen molar-refractivity contribution in [3.63, 3.8) is 0 Å². The van der Waals surface area contributed by atoms with E-state index in [-0.39, 0.29) is 11.9 Å². The Morgan fingerprint density at radius 3 is 2.96 bits per heavy atom. The van der Waals surface area contributed by atoms with Gasteiger partial charge in [0.25, 0.3) is 0 Å². The molecule has 0 radical (unpaired) electrons. The lowest BCUT2D eigenvalue weighted by molar-refractivity contribution is -0.124. The summed E-state index contributed by atoms with van der Waals surface area (Å²) in [5.41, 5.74) is 1.83. The van der Waals surface area contributed by atoms with E-state index in [1.807, 2.05) is 35.2 Å². The summed E-state index contributed by atoms with van der Waals surface area (Å²) in [6.45, 7) is 2.42. The highest BCUT2D eigenvalue weighted by Gasteiger charge is 2.21. The maximum Gasteiger partial charge on any atom is 0.243 e. The van der Waals surface area contributed by atoms with Crippen LogP contribution in [0.4, 0.5) is 0 Å². The second kappa shape index (κ2) is 7.63. The first-order chi connectivity index (χ1) is 11.8. The van der Waals surface area contributed by atoms with Crippen molar-refractivity contribution in [1.82, 2.24) is 25.0 Å². The van der Waals surface area contributed by atoms with E-state index in [0.717, 1.165) is 24.2 Å². The van der Waals surface area contributed by atoms with E-state index >= 15 is 0 Å². The van der Waals surface area contributed by atoms with Crippen LogP contribution in [0, 0.1) is 0 Å². The van der Waals surface area contributed by atoms with Gasteiger partial charge >= 0.3 is 0 Å². The quantitative estimate of drug-likeness (QED) is 0.664. The van der Waals surface area contributed by atoms with Gasteiger partial charge in [-0.2, -0.15) is 0 Å². The molecule has 3 rings (SSSR count).